The van der Waals surface area contributed by atoms with Gasteiger partial charge in [0.1, 0.15) is 5.82 Å². The van der Waals surface area contributed by atoms with Crippen LogP contribution >= 0.6 is 0 Å². The molecule has 0 aliphatic rings. The van der Waals surface area contributed by atoms with Crippen LogP contribution in [0.15, 0.2) is 42.5 Å². The minimum atomic E-state index is -0.439. The zero-order chi connectivity index (χ0) is 13.1. The Bertz CT molecular complexity index is 596. The van der Waals surface area contributed by atoms with Gasteiger partial charge < -0.3 is 11.1 Å². The summed E-state index contributed by atoms with van der Waals surface area (Å²) < 4.78 is 13.0. The lowest BCUT2D eigenvalue weighted by atomic mass is 10.1. The summed E-state index contributed by atoms with van der Waals surface area (Å²) in [6.07, 6.45) is 0. The molecule has 2 aromatic rings. The van der Waals surface area contributed by atoms with Crippen LogP contribution in [-0.4, -0.2) is 5.91 Å². The molecule has 0 spiro atoms. The number of halogens is 1. The highest BCUT2D eigenvalue weighted by Gasteiger charge is 2.07. The third kappa shape index (κ3) is 2.66. The zero-order valence-electron chi connectivity index (χ0n) is 9.91. The molecule has 0 heterocycles. The predicted octanol–water partition coefficient (Wildman–Crippen LogP) is 2.97. The number of nitrogens with one attached hydrogen (secondary N) is 1. The lowest BCUT2D eigenvalue weighted by Crippen LogP contribution is -2.12. The maximum atomic E-state index is 13.0. The Balaban J connectivity index is 2.18. The Labute approximate surface area is 104 Å². The van der Waals surface area contributed by atoms with Crippen LogP contribution in [0.5, 0.6) is 0 Å². The molecule has 0 bridgehead atoms. The molecule has 0 saturated carbocycles. The fourth-order valence-electron chi connectivity index (χ4n) is 1.55. The Morgan fingerprint density at radius 3 is 2.67 bits per heavy atom. The number of nitrogen functional groups attached to an aromatic ring is 1. The molecule has 0 unspecified atom stereocenters. The van der Waals surface area contributed by atoms with E-state index < -0.39 is 5.82 Å². The molecule has 92 valence electrons. The van der Waals surface area contributed by atoms with Gasteiger partial charge in [0.25, 0.3) is 5.91 Å². The first-order chi connectivity index (χ1) is 8.56. The first-order valence-electron chi connectivity index (χ1n) is 5.49. The van der Waals surface area contributed by atoms with Gasteiger partial charge in [-0.2, -0.15) is 0 Å². The van der Waals surface area contributed by atoms with Crippen molar-refractivity contribution in [3.05, 3.63) is 59.4 Å². The normalized spacial score (nSPS) is 10.1. The first kappa shape index (κ1) is 12.1. The van der Waals surface area contributed by atoms with Crippen molar-refractivity contribution in [2.24, 2.45) is 0 Å². The van der Waals surface area contributed by atoms with E-state index in [0.717, 1.165) is 5.56 Å². The summed E-state index contributed by atoms with van der Waals surface area (Å²) in [6.45, 7) is 1.88. The summed E-state index contributed by atoms with van der Waals surface area (Å²) in [5.41, 5.74) is 8.16. The summed E-state index contributed by atoms with van der Waals surface area (Å²) in [4.78, 5) is 11.8. The molecule has 0 radical (unpaired) electrons. The summed E-state index contributed by atoms with van der Waals surface area (Å²) >= 11 is 0. The van der Waals surface area contributed by atoms with Gasteiger partial charge in [0.15, 0.2) is 0 Å². The lowest BCUT2D eigenvalue weighted by Gasteiger charge is -2.07. The predicted molar refractivity (Wildman–Crippen MR) is 69.9 cm³/mol. The van der Waals surface area contributed by atoms with E-state index in [0.29, 0.717) is 11.4 Å². The van der Waals surface area contributed by atoms with Gasteiger partial charge in [-0.1, -0.05) is 12.1 Å². The molecule has 18 heavy (non-hydrogen) atoms. The maximum Gasteiger partial charge on any atom is 0.255 e. The Kier molecular flexibility index (Phi) is 3.28. The summed E-state index contributed by atoms with van der Waals surface area (Å²) in [5.74, 6) is -0.802. The van der Waals surface area contributed by atoms with Gasteiger partial charge in [-0.3, -0.25) is 4.79 Å². The van der Waals surface area contributed by atoms with E-state index in [9.17, 15) is 9.18 Å². The van der Waals surface area contributed by atoms with Crippen molar-refractivity contribution in [1.82, 2.24) is 0 Å². The van der Waals surface area contributed by atoms with Gasteiger partial charge in [0.2, 0.25) is 0 Å². The van der Waals surface area contributed by atoms with Crippen LogP contribution in [0.3, 0.4) is 0 Å². The molecule has 1 amide bonds. The molecule has 0 aliphatic carbocycles. The van der Waals surface area contributed by atoms with Gasteiger partial charge in [0.05, 0.1) is 0 Å². The highest BCUT2D eigenvalue weighted by atomic mass is 19.1. The number of hydrogen-bond acceptors (Lipinski definition) is 2. The second kappa shape index (κ2) is 4.87. The minimum absolute atomic E-state index is 0.272. The number of rotatable bonds is 2. The molecule has 2 rings (SSSR count). The third-order valence-corrected chi connectivity index (χ3v) is 2.62. The number of anilines is 2. The fraction of sp³-hybridized carbons (Fsp3) is 0.0714. The van der Waals surface area contributed by atoms with Crippen molar-refractivity contribution in [2.45, 2.75) is 6.92 Å². The fourth-order valence-corrected chi connectivity index (χ4v) is 1.55. The van der Waals surface area contributed by atoms with Crippen molar-refractivity contribution < 1.29 is 9.18 Å². The number of nitrogens with two attached hydrogens (primary N) is 1. The summed E-state index contributed by atoms with van der Waals surface area (Å²) in [5, 5.41) is 2.67. The monoisotopic (exact) mass is 244 g/mol. The summed E-state index contributed by atoms with van der Waals surface area (Å²) in [7, 11) is 0. The molecule has 3 N–H and O–H groups in total. The lowest BCUT2D eigenvalue weighted by molar-refractivity contribution is 0.102. The molecule has 0 aliphatic heterocycles. The maximum absolute atomic E-state index is 13.0. The molecular formula is C14H13FN2O. The van der Waals surface area contributed by atoms with E-state index >= 15 is 0 Å². The number of hydrogen-bond donors (Lipinski definition) is 2. The van der Waals surface area contributed by atoms with Crippen LogP contribution < -0.4 is 11.1 Å². The van der Waals surface area contributed by atoms with E-state index in [2.05, 4.69) is 5.32 Å². The smallest absolute Gasteiger partial charge is 0.255 e. The average molecular weight is 244 g/mol. The molecule has 0 saturated heterocycles. The van der Waals surface area contributed by atoms with Gasteiger partial charge >= 0.3 is 0 Å². The second-order valence-corrected chi connectivity index (χ2v) is 4.04. The largest absolute Gasteiger partial charge is 0.398 e. The SMILES string of the molecule is Cc1ccc(NC(=O)c2cccc(F)c2)cc1N. The van der Waals surface area contributed by atoms with Crippen LogP contribution in [0.25, 0.3) is 0 Å². The quantitative estimate of drug-likeness (QED) is 0.798. The average Bonchev–Trinajstić information content (AvgIpc) is 2.34. The van der Waals surface area contributed by atoms with E-state index in [1.807, 2.05) is 13.0 Å². The standard InChI is InChI=1S/C14H13FN2O/c1-9-5-6-12(8-13(9)16)17-14(18)10-3-2-4-11(15)7-10/h2-8H,16H2,1H3,(H,17,18). The van der Waals surface area contributed by atoms with Gasteiger partial charge in [-0.25, -0.2) is 4.39 Å². The van der Waals surface area contributed by atoms with Crippen LogP contribution in [0.4, 0.5) is 15.8 Å². The Morgan fingerprint density at radius 1 is 1.22 bits per heavy atom. The van der Waals surface area contributed by atoms with Crippen LogP contribution in [0, 0.1) is 12.7 Å². The van der Waals surface area contributed by atoms with E-state index in [1.54, 1.807) is 18.2 Å². The van der Waals surface area contributed by atoms with Gasteiger partial charge in [-0.15, -0.1) is 0 Å². The van der Waals surface area contributed by atoms with Crippen LogP contribution in [-0.2, 0) is 0 Å². The topological polar surface area (TPSA) is 55.1 Å². The number of benzene rings is 2. The molecule has 2 aromatic carbocycles. The van der Waals surface area contributed by atoms with Crippen molar-refractivity contribution in [1.29, 1.82) is 0 Å². The molecule has 0 aromatic heterocycles. The van der Waals surface area contributed by atoms with Crippen molar-refractivity contribution in [3.8, 4) is 0 Å². The van der Waals surface area contributed by atoms with E-state index in [4.69, 9.17) is 5.73 Å². The van der Waals surface area contributed by atoms with Crippen LogP contribution in [0.2, 0.25) is 0 Å². The molecule has 0 atom stereocenters. The Morgan fingerprint density at radius 2 is 2.00 bits per heavy atom. The second-order valence-electron chi connectivity index (χ2n) is 4.04. The number of amides is 1. The van der Waals surface area contributed by atoms with Crippen molar-refractivity contribution in [3.63, 3.8) is 0 Å². The zero-order valence-corrected chi connectivity index (χ0v) is 9.91. The molecule has 3 nitrogen and oxygen atoms in total. The number of carbonyl (C=O) groups excluding carboxylic acids is 1. The highest BCUT2D eigenvalue weighted by molar-refractivity contribution is 6.04. The highest BCUT2D eigenvalue weighted by Crippen LogP contribution is 2.17. The van der Waals surface area contributed by atoms with E-state index in [-0.39, 0.29) is 11.5 Å². The first-order valence-corrected chi connectivity index (χ1v) is 5.49. The number of carbonyl (C=O) groups is 1. The van der Waals surface area contributed by atoms with Gasteiger partial charge in [0, 0.05) is 16.9 Å². The van der Waals surface area contributed by atoms with E-state index in [1.165, 1.54) is 18.2 Å². The van der Waals surface area contributed by atoms with Gasteiger partial charge in [-0.05, 0) is 42.8 Å². The van der Waals surface area contributed by atoms with Crippen molar-refractivity contribution >= 4 is 17.3 Å². The minimum Gasteiger partial charge on any atom is -0.398 e. The molecule has 0 fully saturated rings. The Hall–Kier alpha value is -2.36. The number of aryl methyl sites for hydroxylation is 1. The third-order valence-electron chi connectivity index (χ3n) is 2.62. The molecule has 4 heteroatoms. The molecular weight excluding hydrogens is 231 g/mol. The van der Waals surface area contributed by atoms with Crippen molar-refractivity contribution in [2.75, 3.05) is 11.1 Å². The summed E-state index contributed by atoms with van der Waals surface area (Å²) in [6, 6.07) is 10.8. The van der Waals surface area contributed by atoms with Crippen LogP contribution in [0.1, 0.15) is 15.9 Å².